The van der Waals surface area contributed by atoms with Crippen LogP contribution in [0.5, 0.6) is 11.8 Å². The van der Waals surface area contributed by atoms with E-state index in [0.29, 0.717) is 11.8 Å². The van der Waals surface area contributed by atoms with Gasteiger partial charge in [0.25, 0.3) is 0 Å². The van der Waals surface area contributed by atoms with E-state index in [9.17, 15) is 4.79 Å². The highest BCUT2D eigenvalue weighted by atomic mass is 16.5. The van der Waals surface area contributed by atoms with E-state index in [1.807, 2.05) is 0 Å². The van der Waals surface area contributed by atoms with Gasteiger partial charge < -0.3 is 14.8 Å². The van der Waals surface area contributed by atoms with Gasteiger partial charge in [0.15, 0.2) is 0 Å². The van der Waals surface area contributed by atoms with E-state index in [1.54, 1.807) is 6.07 Å². The second-order valence-corrected chi connectivity index (χ2v) is 4.40. The Balaban J connectivity index is 1.87. The monoisotopic (exact) mass is 266 g/mol. The Morgan fingerprint density at radius 3 is 2.47 bits per heavy atom. The number of carbonyl (C=O) groups is 1. The Hall–Kier alpha value is -1.89. The smallest absolute Gasteiger partial charge is 0.240 e. The molecule has 1 saturated carbocycles. The van der Waals surface area contributed by atoms with Crippen LogP contribution in [0.15, 0.2) is 6.07 Å². The first-order valence-electron chi connectivity index (χ1n) is 6.19. The summed E-state index contributed by atoms with van der Waals surface area (Å²) in [7, 11) is 2.98. The van der Waals surface area contributed by atoms with Crippen LogP contribution in [0.4, 0.5) is 5.95 Å². The van der Waals surface area contributed by atoms with Crippen molar-refractivity contribution in [2.45, 2.75) is 12.8 Å². The second kappa shape index (κ2) is 6.33. The first kappa shape index (κ1) is 13.5. The summed E-state index contributed by atoms with van der Waals surface area (Å²) in [5.41, 5.74) is 0. The van der Waals surface area contributed by atoms with Gasteiger partial charge in [0.1, 0.15) is 0 Å². The fraction of sp³-hybridized carbons (Fsp3) is 0.583. The van der Waals surface area contributed by atoms with E-state index in [0.717, 1.165) is 12.5 Å². The zero-order valence-electron chi connectivity index (χ0n) is 11.1. The first-order valence-corrected chi connectivity index (χ1v) is 6.19. The van der Waals surface area contributed by atoms with E-state index in [1.165, 1.54) is 27.1 Å². The van der Waals surface area contributed by atoms with Crippen LogP contribution in [0, 0.1) is 5.92 Å². The predicted octanol–water partition coefficient (Wildman–Crippen LogP) is 0.432. The molecule has 19 heavy (non-hydrogen) atoms. The van der Waals surface area contributed by atoms with Crippen molar-refractivity contribution >= 4 is 11.9 Å². The lowest BCUT2D eigenvalue weighted by atomic mass is 10.4. The van der Waals surface area contributed by atoms with Crippen molar-refractivity contribution < 1.29 is 14.3 Å². The SMILES string of the molecule is COc1cc(OC)nc(NC(=O)CNCC2CC2)n1. The first-order chi connectivity index (χ1) is 9.21. The van der Waals surface area contributed by atoms with Gasteiger partial charge in [-0.05, 0) is 25.3 Å². The van der Waals surface area contributed by atoms with Crippen molar-refractivity contribution in [3.63, 3.8) is 0 Å². The molecule has 1 aromatic rings. The molecule has 0 spiro atoms. The van der Waals surface area contributed by atoms with Crippen LogP contribution in [0.3, 0.4) is 0 Å². The molecule has 1 aliphatic rings. The number of nitrogens with zero attached hydrogens (tertiary/aromatic N) is 2. The van der Waals surface area contributed by atoms with Crippen molar-refractivity contribution in [1.29, 1.82) is 0 Å². The molecule has 0 aromatic carbocycles. The fourth-order valence-corrected chi connectivity index (χ4v) is 1.55. The van der Waals surface area contributed by atoms with Gasteiger partial charge in [-0.15, -0.1) is 0 Å². The van der Waals surface area contributed by atoms with Crippen molar-refractivity contribution in [3.8, 4) is 11.8 Å². The zero-order chi connectivity index (χ0) is 13.7. The third kappa shape index (κ3) is 4.36. The Morgan fingerprint density at radius 1 is 1.32 bits per heavy atom. The minimum absolute atomic E-state index is 0.175. The number of aromatic nitrogens is 2. The Bertz CT molecular complexity index is 426. The molecule has 2 rings (SSSR count). The summed E-state index contributed by atoms with van der Waals surface area (Å²) in [6, 6.07) is 1.54. The van der Waals surface area contributed by atoms with Gasteiger partial charge in [-0.1, -0.05) is 0 Å². The molecule has 2 N–H and O–H groups in total. The molecule has 0 aliphatic heterocycles. The topological polar surface area (TPSA) is 85.4 Å². The number of amides is 1. The normalized spacial score (nSPS) is 14.0. The highest BCUT2D eigenvalue weighted by Gasteiger charge is 2.20. The van der Waals surface area contributed by atoms with E-state index < -0.39 is 0 Å². The molecule has 0 bridgehead atoms. The van der Waals surface area contributed by atoms with Crippen LogP contribution in [-0.4, -0.2) is 43.2 Å². The Morgan fingerprint density at radius 2 is 1.95 bits per heavy atom. The van der Waals surface area contributed by atoms with Gasteiger partial charge in [0.05, 0.1) is 26.8 Å². The third-order valence-corrected chi connectivity index (χ3v) is 2.76. The number of rotatable bonds is 7. The minimum Gasteiger partial charge on any atom is -0.481 e. The number of anilines is 1. The maximum absolute atomic E-state index is 11.7. The van der Waals surface area contributed by atoms with Gasteiger partial charge >= 0.3 is 0 Å². The lowest BCUT2D eigenvalue weighted by Gasteiger charge is -2.08. The van der Waals surface area contributed by atoms with Gasteiger partial charge in [-0.25, -0.2) is 0 Å². The molecule has 0 radical (unpaired) electrons. The standard InChI is InChI=1S/C12H18N4O3/c1-18-10-5-11(19-2)16-12(15-10)14-9(17)7-13-6-8-3-4-8/h5,8,13H,3-4,6-7H2,1-2H3,(H,14,15,16,17). The molecule has 0 atom stereocenters. The van der Waals surface area contributed by atoms with Crippen molar-refractivity contribution in [1.82, 2.24) is 15.3 Å². The summed E-state index contributed by atoms with van der Waals surface area (Å²) in [5, 5.41) is 5.70. The number of nitrogens with one attached hydrogen (secondary N) is 2. The van der Waals surface area contributed by atoms with Crippen molar-refractivity contribution in [2.24, 2.45) is 5.92 Å². The molecule has 7 nitrogen and oxygen atoms in total. The highest BCUT2D eigenvalue weighted by Crippen LogP contribution is 2.27. The maximum Gasteiger partial charge on any atom is 0.240 e. The maximum atomic E-state index is 11.7. The number of hydrogen-bond acceptors (Lipinski definition) is 6. The van der Waals surface area contributed by atoms with Crippen LogP contribution >= 0.6 is 0 Å². The molecule has 1 aromatic heterocycles. The highest BCUT2D eigenvalue weighted by molar-refractivity contribution is 5.90. The molecule has 0 saturated heterocycles. The van der Waals surface area contributed by atoms with Crippen LogP contribution in [0.25, 0.3) is 0 Å². The summed E-state index contributed by atoms with van der Waals surface area (Å²) in [4.78, 5) is 19.7. The molecule has 7 heteroatoms. The largest absolute Gasteiger partial charge is 0.481 e. The predicted molar refractivity (Wildman–Crippen MR) is 69.4 cm³/mol. The van der Waals surface area contributed by atoms with Crippen molar-refractivity contribution in [3.05, 3.63) is 6.07 Å². The molecule has 1 aliphatic carbocycles. The lowest BCUT2D eigenvalue weighted by molar-refractivity contribution is -0.115. The van der Waals surface area contributed by atoms with Gasteiger partial charge in [-0.2, -0.15) is 9.97 Å². The van der Waals surface area contributed by atoms with Crippen LogP contribution in [0.1, 0.15) is 12.8 Å². The Kier molecular flexibility index (Phi) is 4.51. The van der Waals surface area contributed by atoms with Gasteiger partial charge in [0, 0.05) is 0 Å². The summed E-state index contributed by atoms with van der Waals surface area (Å²) in [6.45, 7) is 1.13. The van der Waals surface area contributed by atoms with E-state index in [-0.39, 0.29) is 18.4 Å². The lowest BCUT2D eigenvalue weighted by Crippen LogP contribution is -2.30. The summed E-state index contributed by atoms with van der Waals surface area (Å²) in [6.07, 6.45) is 2.51. The second-order valence-electron chi connectivity index (χ2n) is 4.40. The quantitative estimate of drug-likeness (QED) is 0.744. The molecule has 0 unspecified atom stereocenters. The van der Waals surface area contributed by atoms with Crippen LogP contribution in [-0.2, 0) is 4.79 Å². The average Bonchev–Trinajstić information content (AvgIpc) is 3.22. The van der Waals surface area contributed by atoms with Crippen LogP contribution < -0.4 is 20.1 Å². The Labute approximate surface area is 111 Å². The summed E-state index contributed by atoms with van der Waals surface area (Å²) < 4.78 is 10.0. The zero-order valence-corrected chi connectivity index (χ0v) is 11.1. The summed E-state index contributed by atoms with van der Waals surface area (Å²) >= 11 is 0. The molecular weight excluding hydrogens is 248 g/mol. The minimum atomic E-state index is -0.184. The molecule has 1 amide bonds. The number of ether oxygens (including phenoxy) is 2. The molecule has 1 heterocycles. The number of carbonyl (C=O) groups excluding carboxylic acids is 1. The fourth-order valence-electron chi connectivity index (χ4n) is 1.55. The van der Waals surface area contributed by atoms with Crippen LogP contribution in [0.2, 0.25) is 0 Å². The van der Waals surface area contributed by atoms with Crippen molar-refractivity contribution in [2.75, 3.05) is 32.6 Å². The third-order valence-electron chi connectivity index (χ3n) is 2.76. The number of methoxy groups -OCH3 is 2. The molecular formula is C12H18N4O3. The van der Waals surface area contributed by atoms with Gasteiger partial charge in [0.2, 0.25) is 23.6 Å². The van der Waals surface area contributed by atoms with Gasteiger partial charge in [-0.3, -0.25) is 10.1 Å². The molecule has 1 fully saturated rings. The number of hydrogen-bond donors (Lipinski definition) is 2. The summed E-state index contributed by atoms with van der Waals surface area (Å²) in [5.74, 6) is 1.41. The van der Waals surface area contributed by atoms with E-state index in [4.69, 9.17) is 9.47 Å². The molecule has 104 valence electrons. The van der Waals surface area contributed by atoms with E-state index in [2.05, 4.69) is 20.6 Å². The average molecular weight is 266 g/mol. The van der Waals surface area contributed by atoms with E-state index >= 15 is 0 Å².